The second-order valence-electron chi connectivity index (χ2n) is 7.48. The molecular weight excluding hydrogens is 526 g/mol. The smallest absolute Gasteiger partial charge is 0.295 e. The van der Waals surface area contributed by atoms with Gasteiger partial charge in [0.25, 0.3) is 5.91 Å². The normalized spacial score (nSPS) is 15.2. The van der Waals surface area contributed by atoms with E-state index in [4.69, 9.17) is 20.8 Å². The summed E-state index contributed by atoms with van der Waals surface area (Å²) in [6.07, 6.45) is 1.99. The van der Waals surface area contributed by atoms with Crippen molar-refractivity contribution in [3.05, 3.63) is 97.3 Å². The number of carbonyl (C=O) groups excluding carboxylic acids is 1. The molecule has 1 unspecified atom stereocenters. The summed E-state index contributed by atoms with van der Waals surface area (Å²) >= 11 is 11.4. The number of thioether (sulfide) groups is 1. The summed E-state index contributed by atoms with van der Waals surface area (Å²) in [5.41, 5.74) is 1.78. The number of benzene rings is 3. The van der Waals surface area contributed by atoms with Gasteiger partial charge in [-0.2, -0.15) is 0 Å². The molecule has 0 N–H and O–H groups in total. The van der Waals surface area contributed by atoms with Crippen molar-refractivity contribution in [3.63, 3.8) is 0 Å². The van der Waals surface area contributed by atoms with Crippen molar-refractivity contribution in [1.29, 1.82) is 0 Å². The van der Waals surface area contributed by atoms with Crippen LogP contribution in [0.15, 0.2) is 79.2 Å². The zero-order valence-corrected chi connectivity index (χ0v) is 20.8. The molecule has 0 fully saturated rings. The number of anilines is 1. The molecule has 0 saturated carbocycles. The Bertz CT molecular complexity index is 1470. The average Bonchev–Trinajstić information content (AvgIpc) is 3.12. The number of fused-ring (bicyclic) bond motifs is 2. The first kappa shape index (κ1) is 22.1. The number of ether oxygens (including phenoxy) is 1. The number of amides is 1. The van der Waals surface area contributed by atoms with Gasteiger partial charge in [-0.1, -0.05) is 39.7 Å². The quantitative estimate of drug-likeness (QED) is 0.269. The van der Waals surface area contributed by atoms with Gasteiger partial charge in [0.1, 0.15) is 11.3 Å². The first-order valence-corrected chi connectivity index (χ1v) is 12.4. The molecule has 166 valence electrons. The van der Waals surface area contributed by atoms with E-state index < -0.39 is 11.9 Å². The van der Waals surface area contributed by atoms with Gasteiger partial charge in [-0.3, -0.25) is 14.5 Å². The molecule has 1 atom stereocenters. The SMILES string of the molecule is COc1ccc(N2C(=O)c3oc4ccc(Br)cc4c(=O)c3C2c2ccc(SC)cc2)cc1Cl. The van der Waals surface area contributed by atoms with Crippen molar-refractivity contribution in [1.82, 2.24) is 0 Å². The molecule has 2 heterocycles. The van der Waals surface area contributed by atoms with E-state index in [0.29, 0.717) is 33.0 Å². The van der Waals surface area contributed by atoms with Crippen LogP contribution in [0.3, 0.4) is 0 Å². The molecular formula is C25H17BrClNO4S. The van der Waals surface area contributed by atoms with Gasteiger partial charge < -0.3 is 9.15 Å². The molecule has 0 bridgehead atoms. The van der Waals surface area contributed by atoms with Gasteiger partial charge in [-0.25, -0.2) is 0 Å². The summed E-state index contributed by atoms with van der Waals surface area (Å²) in [6.45, 7) is 0. The van der Waals surface area contributed by atoms with Crippen molar-refractivity contribution in [3.8, 4) is 5.75 Å². The number of hydrogen-bond acceptors (Lipinski definition) is 5. The van der Waals surface area contributed by atoms with Crippen molar-refractivity contribution < 1.29 is 13.9 Å². The largest absolute Gasteiger partial charge is 0.495 e. The third-order valence-corrected chi connectivity index (χ3v) is 7.21. The molecule has 5 rings (SSSR count). The van der Waals surface area contributed by atoms with E-state index in [-0.39, 0.29) is 11.2 Å². The van der Waals surface area contributed by atoms with Crippen LogP contribution in [0.4, 0.5) is 5.69 Å². The Morgan fingerprint density at radius 1 is 1.06 bits per heavy atom. The summed E-state index contributed by atoms with van der Waals surface area (Å²) in [4.78, 5) is 29.9. The lowest BCUT2D eigenvalue weighted by Crippen LogP contribution is -2.29. The molecule has 33 heavy (non-hydrogen) atoms. The maximum atomic E-state index is 13.7. The van der Waals surface area contributed by atoms with Crippen LogP contribution in [-0.2, 0) is 0 Å². The fourth-order valence-electron chi connectivity index (χ4n) is 4.12. The Morgan fingerprint density at radius 2 is 1.82 bits per heavy atom. The van der Waals surface area contributed by atoms with Crippen LogP contribution in [0.5, 0.6) is 5.75 Å². The van der Waals surface area contributed by atoms with Crippen LogP contribution >= 0.6 is 39.3 Å². The highest BCUT2D eigenvalue weighted by Crippen LogP contribution is 2.43. The van der Waals surface area contributed by atoms with Gasteiger partial charge >= 0.3 is 0 Å². The molecule has 1 aromatic heterocycles. The van der Waals surface area contributed by atoms with Gasteiger partial charge in [0.05, 0.1) is 29.1 Å². The molecule has 0 radical (unpaired) electrons. The zero-order valence-electron chi connectivity index (χ0n) is 17.6. The minimum atomic E-state index is -0.660. The Labute approximate surface area is 207 Å². The Hall–Kier alpha value is -2.74. The molecule has 4 aromatic rings. The van der Waals surface area contributed by atoms with Crippen LogP contribution in [0.25, 0.3) is 11.0 Å². The predicted octanol–water partition coefficient (Wildman–Crippen LogP) is 6.69. The summed E-state index contributed by atoms with van der Waals surface area (Å²) < 4.78 is 12.0. The number of hydrogen-bond donors (Lipinski definition) is 0. The van der Waals surface area contributed by atoms with Gasteiger partial charge in [-0.15, -0.1) is 11.8 Å². The topological polar surface area (TPSA) is 59.8 Å². The molecule has 0 spiro atoms. The number of halogens is 2. The third kappa shape index (κ3) is 3.64. The van der Waals surface area contributed by atoms with Crippen molar-refractivity contribution in [2.24, 2.45) is 0 Å². The lowest BCUT2D eigenvalue weighted by Gasteiger charge is -2.25. The minimum Gasteiger partial charge on any atom is -0.495 e. The summed E-state index contributed by atoms with van der Waals surface area (Å²) in [7, 11) is 1.53. The number of methoxy groups -OCH3 is 1. The second kappa shape index (κ2) is 8.56. The van der Waals surface area contributed by atoms with Crippen LogP contribution < -0.4 is 15.1 Å². The molecule has 8 heteroatoms. The summed E-state index contributed by atoms with van der Waals surface area (Å²) in [6, 6.07) is 17.4. The van der Waals surface area contributed by atoms with Gasteiger partial charge in [-0.05, 0) is 60.4 Å². The molecule has 1 amide bonds. The molecule has 0 saturated heterocycles. The van der Waals surface area contributed by atoms with Crippen LogP contribution in [0.2, 0.25) is 5.02 Å². The van der Waals surface area contributed by atoms with E-state index in [9.17, 15) is 9.59 Å². The lowest BCUT2D eigenvalue weighted by atomic mass is 9.98. The maximum Gasteiger partial charge on any atom is 0.295 e. The van der Waals surface area contributed by atoms with E-state index in [1.54, 1.807) is 53.1 Å². The molecule has 0 aliphatic carbocycles. The second-order valence-corrected chi connectivity index (χ2v) is 9.69. The van der Waals surface area contributed by atoms with Gasteiger partial charge in [0, 0.05) is 15.1 Å². The van der Waals surface area contributed by atoms with E-state index >= 15 is 0 Å². The number of rotatable bonds is 4. The Kier molecular flexibility index (Phi) is 5.72. The van der Waals surface area contributed by atoms with Crippen molar-refractivity contribution in [2.45, 2.75) is 10.9 Å². The van der Waals surface area contributed by atoms with E-state index in [1.807, 2.05) is 30.5 Å². The third-order valence-electron chi connectivity index (χ3n) is 5.68. The van der Waals surface area contributed by atoms with Crippen molar-refractivity contribution in [2.75, 3.05) is 18.3 Å². The molecule has 1 aliphatic heterocycles. The van der Waals surface area contributed by atoms with E-state index in [0.717, 1.165) is 14.9 Å². The summed E-state index contributed by atoms with van der Waals surface area (Å²) in [5, 5.41) is 0.778. The average molecular weight is 543 g/mol. The first-order chi connectivity index (χ1) is 15.9. The lowest BCUT2D eigenvalue weighted by molar-refractivity contribution is 0.0971. The molecule has 3 aromatic carbocycles. The first-order valence-electron chi connectivity index (χ1n) is 10.00. The van der Waals surface area contributed by atoms with Crippen LogP contribution in [0, 0.1) is 0 Å². The fraction of sp³-hybridized carbons (Fsp3) is 0.120. The molecule has 1 aliphatic rings. The monoisotopic (exact) mass is 541 g/mol. The van der Waals surface area contributed by atoms with Crippen molar-refractivity contribution >= 4 is 61.9 Å². The maximum absolute atomic E-state index is 13.7. The van der Waals surface area contributed by atoms with Gasteiger partial charge in [0.15, 0.2) is 5.43 Å². The van der Waals surface area contributed by atoms with E-state index in [1.165, 1.54) is 7.11 Å². The highest BCUT2D eigenvalue weighted by Gasteiger charge is 2.43. The number of carbonyl (C=O) groups is 1. The fourth-order valence-corrected chi connectivity index (χ4v) is 5.14. The van der Waals surface area contributed by atoms with Crippen LogP contribution in [-0.4, -0.2) is 19.3 Å². The van der Waals surface area contributed by atoms with Crippen LogP contribution in [0.1, 0.15) is 27.7 Å². The minimum absolute atomic E-state index is 0.0423. The van der Waals surface area contributed by atoms with Gasteiger partial charge in [0.2, 0.25) is 5.76 Å². The number of nitrogens with zero attached hydrogens (tertiary/aromatic N) is 1. The molecule has 5 nitrogen and oxygen atoms in total. The highest BCUT2D eigenvalue weighted by molar-refractivity contribution is 9.10. The van der Waals surface area contributed by atoms with E-state index in [2.05, 4.69) is 15.9 Å². The Morgan fingerprint density at radius 3 is 2.48 bits per heavy atom. The highest BCUT2D eigenvalue weighted by atomic mass is 79.9. The summed E-state index contributed by atoms with van der Waals surface area (Å²) in [5.74, 6) is 0.142. The Balaban J connectivity index is 1.78. The zero-order chi connectivity index (χ0) is 23.3. The predicted molar refractivity (Wildman–Crippen MR) is 135 cm³/mol. The standard InChI is InChI=1S/C25H17BrClNO4S/c1-31-20-10-6-15(12-18(20)27)28-22(13-3-7-16(33-2)8-4-13)21-23(29)17-11-14(26)5-9-19(17)32-24(21)25(28)30/h3-12,22H,1-2H3.